The first-order valence-corrected chi connectivity index (χ1v) is 4.57. The van der Waals surface area contributed by atoms with Crippen molar-refractivity contribution in [3.63, 3.8) is 0 Å². The largest absolute Gasteiger partial charge is 0.377 e. The molecule has 1 unspecified atom stereocenters. The Labute approximate surface area is 75.7 Å². The quantitative estimate of drug-likeness (QED) is 0.459. The Balaban J connectivity index is 3.04. The van der Waals surface area contributed by atoms with E-state index in [-0.39, 0.29) is 0 Å². The fraction of sp³-hybridized carbons (Fsp3) is 0.800. The molecule has 0 heterocycles. The summed E-state index contributed by atoms with van der Waals surface area (Å²) in [5.74, 6) is 2.61. The van der Waals surface area contributed by atoms with E-state index in [4.69, 9.17) is 11.2 Å². The molecule has 0 spiro atoms. The highest BCUT2D eigenvalue weighted by Gasteiger charge is 1.97. The molecule has 0 amide bonds. The normalized spacial score (nSPS) is 12.4. The number of terminal acetylenes is 1. The number of unbranched alkanes of at least 4 members (excludes halogenated alkanes) is 1. The van der Waals surface area contributed by atoms with Gasteiger partial charge in [-0.3, -0.25) is 0 Å². The Kier molecular flexibility index (Phi) is 8.20. The van der Waals surface area contributed by atoms with E-state index in [2.05, 4.69) is 18.2 Å². The zero-order valence-corrected chi connectivity index (χ0v) is 8.10. The van der Waals surface area contributed by atoms with Gasteiger partial charge in [0.2, 0.25) is 0 Å². The third kappa shape index (κ3) is 7.59. The molecular weight excluding hydrogens is 150 g/mol. The molecule has 0 aliphatic carbocycles. The lowest BCUT2D eigenvalue weighted by molar-refractivity contribution is 0.0762. The molecule has 0 aromatic heterocycles. The Morgan fingerprint density at radius 2 is 2.33 bits per heavy atom. The van der Waals surface area contributed by atoms with Gasteiger partial charge in [0.05, 0.1) is 6.10 Å². The standard InChI is InChI=1S/C10H19NO/c1-4-6-7-8-11-9-10(3)12-5-2/h1,10-11H,5-9H2,2-3H3. The number of ether oxygens (including phenoxy) is 1. The Bertz CT molecular complexity index is 128. The Hall–Kier alpha value is -0.520. The van der Waals surface area contributed by atoms with Crippen LogP contribution in [0, 0.1) is 12.3 Å². The van der Waals surface area contributed by atoms with Gasteiger partial charge >= 0.3 is 0 Å². The molecule has 1 N–H and O–H groups in total. The monoisotopic (exact) mass is 169 g/mol. The van der Waals surface area contributed by atoms with Crippen molar-refractivity contribution < 1.29 is 4.74 Å². The molecule has 2 nitrogen and oxygen atoms in total. The summed E-state index contributed by atoms with van der Waals surface area (Å²) in [7, 11) is 0. The van der Waals surface area contributed by atoms with Gasteiger partial charge in [-0.1, -0.05) is 0 Å². The van der Waals surface area contributed by atoms with Gasteiger partial charge in [0, 0.05) is 19.6 Å². The maximum Gasteiger partial charge on any atom is 0.0671 e. The van der Waals surface area contributed by atoms with Gasteiger partial charge < -0.3 is 10.1 Å². The van der Waals surface area contributed by atoms with Gasteiger partial charge in [0.1, 0.15) is 0 Å². The minimum absolute atomic E-state index is 0.306. The van der Waals surface area contributed by atoms with Gasteiger partial charge in [-0.05, 0) is 26.8 Å². The molecule has 0 aliphatic heterocycles. The highest BCUT2D eigenvalue weighted by molar-refractivity contribution is 4.83. The van der Waals surface area contributed by atoms with Crippen molar-refractivity contribution in [2.45, 2.75) is 32.8 Å². The minimum Gasteiger partial charge on any atom is -0.377 e. The van der Waals surface area contributed by atoms with Crippen LogP contribution in [0.5, 0.6) is 0 Å². The average Bonchev–Trinajstić information content (AvgIpc) is 2.05. The second kappa shape index (κ2) is 8.58. The second-order valence-electron chi connectivity index (χ2n) is 2.78. The van der Waals surface area contributed by atoms with Crippen molar-refractivity contribution in [3.8, 4) is 12.3 Å². The third-order valence-corrected chi connectivity index (χ3v) is 1.56. The Morgan fingerprint density at radius 1 is 1.58 bits per heavy atom. The maximum atomic E-state index is 5.35. The first-order chi connectivity index (χ1) is 5.81. The van der Waals surface area contributed by atoms with Gasteiger partial charge in [-0.2, -0.15) is 0 Å². The number of nitrogens with one attached hydrogen (secondary N) is 1. The topological polar surface area (TPSA) is 21.3 Å². The molecule has 1 atom stereocenters. The molecule has 0 aliphatic rings. The first kappa shape index (κ1) is 11.5. The molecule has 0 rings (SSSR count). The van der Waals surface area contributed by atoms with Crippen molar-refractivity contribution in [2.24, 2.45) is 0 Å². The van der Waals surface area contributed by atoms with Crippen molar-refractivity contribution >= 4 is 0 Å². The number of hydrogen-bond donors (Lipinski definition) is 1. The van der Waals surface area contributed by atoms with Gasteiger partial charge in [-0.15, -0.1) is 12.3 Å². The molecule has 70 valence electrons. The lowest BCUT2D eigenvalue weighted by atomic mass is 10.3. The Morgan fingerprint density at radius 3 is 2.92 bits per heavy atom. The van der Waals surface area contributed by atoms with E-state index < -0.39 is 0 Å². The van der Waals surface area contributed by atoms with Crippen LogP contribution in [0.4, 0.5) is 0 Å². The second-order valence-corrected chi connectivity index (χ2v) is 2.78. The predicted octanol–water partition coefficient (Wildman–Crippen LogP) is 1.41. The van der Waals surface area contributed by atoms with Crippen LogP contribution in [0.25, 0.3) is 0 Å². The van der Waals surface area contributed by atoms with Crippen molar-refractivity contribution in [2.75, 3.05) is 19.7 Å². The molecule has 0 saturated carbocycles. The molecule has 0 aromatic rings. The molecule has 0 saturated heterocycles. The fourth-order valence-electron chi connectivity index (χ4n) is 0.964. The molecule has 0 bridgehead atoms. The lowest BCUT2D eigenvalue weighted by Gasteiger charge is -2.11. The molecule has 2 heteroatoms. The third-order valence-electron chi connectivity index (χ3n) is 1.56. The zero-order chi connectivity index (χ0) is 9.23. The van der Waals surface area contributed by atoms with Crippen molar-refractivity contribution in [3.05, 3.63) is 0 Å². The van der Waals surface area contributed by atoms with Crippen LogP contribution < -0.4 is 5.32 Å². The van der Waals surface area contributed by atoms with E-state index in [1.54, 1.807) is 0 Å². The van der Waals surface area contributed by atoms with Gasteiger partial charge in [0.25, 0.3) is 0 Å². The van der Waals surface area contributed by atoms with Crippen LogP contribution in [-0.2, 0) is 4.74 Å². The van der Waals surface area contributed by atoms with E-state index in [1.807, 2.05) is 6.92 Å². The summed E-state index contributed by atoms with van der Waals surface area (Å²) in [6.07, 6.45) is 7.33. The van der Waals surface area contributed by atoms with Crippen LogP contribution >= 0.6 is 0 Å². The predicted molar refractivity (Wildman–Crippen MR) is 52.0 cm³/mol. The molecule has 12 heavy (non-hydrogen) atoms. The number of hydrogen-bond acceptors (Lipinski definition) is 2. The molecular formula is C10H19NO. The van der Waals surface area contributed by atoms with Crippen LogP contribution in [0.15, 0.2) is 0 Å². The summed E-state index contributed by atoms with van der Waals surface area (Å²) < 4.78 is 5.35. The summed E-state index contributed by atoms with van der Waals surface area (Å²) in [5.41, 5.74) is 0. The SMILES string of the molecule is C#CCCCNCC(C)OCC. The molecule has 0 aromatic carbocycles. The van der Waals surface area contributed by atoms with Gasteiger partial charge in [-0.25, -0.2) is 0 Å². The van der Waals surface area contributed by atoms with E-state index in [0.717, 1.165) is 32.5 Å². The van der Waals surface area contributed by atoms with E-state index in [9.17, 15) is 0 Å². The van der Waals surface area contributed by atoms with Crippen molar-refractivity contribution in [1.82, 2.24) is 5.32 Å². The van der Waals surface area contributed by atoms with E-state index in [1.165, 1.54) is 0 Å². The summed E-state index contributed by atoms with van der Waals surface area (Å²) in [4.78, 5) is 0. The summed E-state index contributed by atoms with van der Waals surface area (Å²) >= 11 is 0. The smallest absolute Gasteiger partial charge is 0.0671 e. The average molecular weight is 169 g/mol. The maximum absolute atomic E-state index is 5.35. The molecule has 0 fully saturated rings. The minimum atomic E-state index is 0.306. The summed E-state index contributed by atoms with van der Waals surface area (Å²) in [6, 6.07) is 0. The summed E-state index contributed by atoms with van der Waals surface area (Å²) in [5, 5.41) is 3.28. The van der Waals surface area contributed by atoms with Crippen LogP contribution in [0.1, 0.15) is 26.7 Å². The first-order valence-electron chi connectivity index (χ1n) is 4.57. The highest BCUT2D eigenvalue weighted by atomic mass is 16.5. The lowest BCUT2D eigenvalue weighted by Crippen LogP contribution is -2.27. The van der Waals surface area contributed by atoms with Crippen molar-refractivity contribution in [1.29, 1.82) is 0 Å². The highest BCUT2D eigenvalue weighted by Crippen LogP contribution is 1.88. The number of rotatable bonds is 7. The van der Waals surface area contributed by atoms with Crippen LogP contribution in [0.2, 0.25) is 0 Å². The van der Waals surface area contributed by atoms with E-state index in [0.29, 0.717) is 6.10 Å². The molecule has 0 radical (unpaired) electrons. The zero-order valence-electron chi connectivity index (χ0n) is 8.10. The van der Waals surface area contributed by atoms with Gasteiger partial charge in [0.15, 0.2) is 0 Å². The van der Waals surface area contributed by atoms with Crippen LogP contribution in [0.3, 0.4) is 0 Å². The van der Waals surface area contributed by atoms with Crippen LogP contribution in [-0.4, -0.2) is 25.8 Å². The summed E-state index contributed by atoms with van der Waals surface area (Å²) in [6.45, 7) is 6.76. The van der Waals surface area contributed by atoms with E-state index >= 15 is 0 Å². The fourth-order valence-corrected chi connectivity index (χ4v) is 0.964.